The van der Waals surface area contributed by atoms with Crippen molar-refractivity contribution in [2.75, 3.05) is 26.3 Å². The number of rotatable bonds is 3. The van der Waals surface area contributed by atoms with Crippen molar-refractivity contribution in [3.05, 3.63) is 35.4 Å². The molecule has 21 heavy (non-hydrogen) atoms. The van der Waals surface area contributed by atoms with Gasteiger partial charge in [0, 0.05) is 18.6 Å². The molecule has 1 aromatic rings. The van der Waals surface area contributed by atoms with Gasteiger partial charge in [-0.3, -0.25) is 4.90 Å². The van der Waals surface area contributed by atoms with E-state index >= 15 is 0 Å². The molecule has 0 spiro atoms. The van der Waals surface area contributed by atoms with Crippen LogP contribution in [0.1, 0.15) is 31.1 Å². The normalized spacial score (nSPS) is 19.5. The molecule has 1 aliphatic rings. The van der Waals surface area contributed by atoms with Crippen LogP contribution in [0.5, 0.6) is 0 Å². The van der Waals surface area contributed by atoms with Crippen LogP contribution >= 0.6 is 0 Å². The van der Waals surface area contributed by atoms with E-state index in [1.807, 2.05) is 13.8 Å². The lowest BCUT2D eigenvalue weighted by molar-refractivity contribution is -0.137. The van der Waals surface area contributed by atoms with E-state index in [2.05, 4.69) is 4.90 Å². The molecule has 1 unspecified atom stereocenters. The Morgan fingerprint density at radius 2 is 1.62 bits per heavy atom. The van der Waals surface area contributed by atoms with Gasteiger partial charge in [0.25, 0.3) is 0 Å². The number of ether oxygens (including phenoxy) is 1. The average Bonchev–Trinajstić information content (AvgIpc) is 2.46. The maximum atomic E-state index is 12.6. The number of morpholine rings is 1. The highest BCUT2D eigenvalue weighted by molar-refractivity contribution is 5.27. The van der Waals surface area contributed by atoms with Gasteiger partial charge in [0.2, 0.25) is 0 Å². The van der Waals surface area contributed by atoms with E-state index in [1.165, 1.54) is 12.1 Å². The summed E-state index contributed by atoms with van der Waals surface area (Å²) < 4.78 is 43.0. The molecular formula is C15H20F3NO2. The molecule has 0 aromatic heterocycles. The van der Waals surface area contributed by atoms with Gasteiger partial charge in [-0.1, -0.05) is 12.1 Å². The first-order valence-electron chi connectivity index (χ1n) is 6.91. The summed E-state index contributed by atoms with van der Waals surface area (Å²) in [5, 5.41) is 10.5. The maximum absolute atomic E-state index is 12.6. The molecule has 1 fully saturated rings. The van der Waals surface area contributed by atoms with Gasteiger partial charge < -0.3 is 9.84 Å². The van der Waals surface area contributed by atoms with Crippen molar-refractivity contribution in [3.8, 4) is 0 Å². The molecular weight excluding hydrogens is 283 g/mol. The van der Waals surface area contributed by atoms with Gasteiger partial charge in [-0.15, -0.1) is 0 Å². The second-order valence-electron chi connectivity index (χ2n) is 5.78. The average molecular weight is 303 g/mol. The largest absolute Gasteiger partial charge is 0.416 e. The van der Waals surface area contributed by atoms with Crippen LogP contribution < -0.4 is 0 Å². The minimum atomic E-state index is -4.36. The first-order valence-corrected chi connectivity index (χ1v) is 6.91. The number of aliphatic hydroxyl groups excluding tert-OH is 1. The van der Waals surface area contributed by atoms with E-state index in [1.54, 1.807) is 0 Å². The van der Waals surface area contributed by atoms with Gasteiger partial charge >= 0.3 is 6.18 Å². The molecule has 1 heterocycles. The lowest BCUT2D eigenvalue weighted by atomic mass is 9.88. The van der Waals surface area contributed by atoms with E-state index in [9.17, 15) is 18.3 Å². The van der Waals surface area contributed by atoms with Gasteiger partial charge in [-0.2, -0.15) is 13.2 Å². The minimum Gasteiger partial charge on any atom is -0.386 e. The van der Waals surface area contributed by atoms with Gasteiger partial charge in [0.1, 0.15) is 0 Å². The molecule has 1 aliphatic heterocycles. The third-order valence-corrected chi connectivity index (χ3v) is 4.05. The first-order chi connectivity index (χ1) is 9.73. The number of alkyl halides is 3. The molecule has 2 rings (SSSR count). The minimum absolute atomic E-state index is 0.486. The number of hydrogen-bond donors (Lipinski definition) is 1. The standard InChI is InChI=1S/C15H20F3NO2/c1-14(2,19-7-9-21-10-8-19)13(20)11-3-5-12(6-4-11)15(16,17)18/h3-6,13,20H,7-10H2,1-2H3. The molecule has 1 aromatic carbocycles. The molecule has 0 saturated carbocycles. The first kappa shape index (κ1) is 16.3. The van der Waals surface area contributed by atoms with Crippen molar-refractivity contribution in [3.63, 3.8) is 0 Å². The molecule has 6 heteroatoms. The van der Waals surface area contributed by atoms with E-state index < -0.39 is 23.4 Å². The highest BCUT2D eigenvalue weighted by Crippen LogP contribution is 2.34. The Hall–Kier alpha value is -1.11. The monoisotopic (exact) mass is 303 g/mol. The second kappa shape index (κ2) is 5.94. The molecule has 0 radical (unpaired) electrons. The number of halogens is 3. The number of benzene rings is 1. The molecule has 3 nitrogen and oxygen atoms in total. The number of nitrogens with zero attached hydrogens (tertiary/aromatic N) is 1. The fourth-order valence-electron chi connectivity index (χ4n) is 2.57. The van der Waals surface area contributed by atoms with Gasteiger partial charge in [-0.05, 0) is 31.5 Å². The van der Waals surface area contributed by atoms with Crippen molar-refractivity contribution in [2.24, 2.45) is 0 Å². The van der Waals surface area contributed by atoms with E-state index in [0.29, 0.717) is 31.9 Å². The fraction of sp³-hybridized carbons (Fsp3) is 0.600. The van der Waals surface area contributed by atoms with Crippen molar-refractivity contribution >= 4 is 0 Å². The predicted octanol–water partition coefficient (Wildman–Crippen LogP) is 2.85. The van der Waals surface area contributed by atoms with Crippen LogP contribution in [0.25, 0.3) is 0 Å². The zero-order chi connectivity index (χ0) is 15.7. The molecule has 118 valence electrons. The zero-order valence-electron chi connectivity index (χ0n) is 12.2. The Morgan fingerprint density at radius 1 is 1.10 bits per heavy atom. The van der Waals surface area contributed by atoms with Crippen molar-refractivity contribution in [1.29, 1.82) is 0 Å². The van der Waals surface area contributed by atoms with Gasteiger partial charge in [0.05, 0.1) is 24.9 Å². The predicted molar refractivity (Wildman–Crippen MR) is 72.9 cm³/mol. The summed E-state index contributed by atoms with van der Waals surface area (Å²) in [7, 11) is 0. The maximum Gasteiger partial charge on any atom is 0.416 e. The fourth-order valence-corrected chi connectivity index (χ4v) is 2.57. The van der Waals surface area contributed by atoms with Crippen LogP contribution in [0.3, 0.4) is 0 Å². The van der Waals surface area contributed by atoms with Crippen LogP contribution in [0.4, 0.5) is 13.2 Å². The summed E-state index contributed by atoms with van der Waals surface area (Å²) in [5.41, 5.74) is -0.786. The van der Waals surface area contributed by atoms with Crippen LogP contribution in [0.15, 0.2) is 24.3 Å². The Labute approximate surface area is 122 Å². The second-order valence-corrected chi connectivity index (χ2v) is 5.78. The Morgan fingerprint density at radius 3 is 2.10 bits per heavy atom. The Bertz CT molecular complexity index is 465. The van der Waals surface area contributed by atoms with Crippen LogP contribution in [-0.4, -0.2) is 41.8 Å². The summed E-state index contributed by atoms with van der Waals surface area (Å²) in [5.74, 6) is 0. The molecule has 0 bridgehead atoms. The van der Waals surface area contributed by atoms with Crippen molar-refractivity contribution in [1.82, 2.24) is 4.90 Å². The van der Waals surface area contributed by atoms with Crippen LogP contribution in [0.2, 0.25) is 0 Å². The van der Waals surface area contributed by atoms with Crippen molar-refractivity contribution in [2.45, 2.75) is 31.7 Å². The number of hydrogen-bond acceptors (Lipinski definition) is 3. The quantitative estimate of drug-likeness (QED) is 0.932. The molecule has 1 atom stereocenters. The molecule has 1 saturated heterocycles. The topological polar surface area (TPSA) is 32.7 Å². The third kappa shape index (κ3) is 3.56. The summed E-state index contributed by atoms with van der Waals surface area (Å²) in [6.45, 7) is 6.38. The van der Waals surface area contributed by atoms with Crippen LogP contribution in [0, 0.1) is 0 Å². The molecule has 0 aliphatic carbocycles. The smallest absolute Gasteiger partial charge is 0.386 e. The molecule has 0 amide bonds. The van der Waals surface area contributed by atoms with Crippen molar-refractivity contribution < 1.29 is 23.0 Å². The zero-order valence-corrected chi connectivity index (χ0v) is 12.2. The number of aliphatic hydroxyl groups is 1. The van der Waals surface area contributed by atoms with Gasteiger partial charge in [-0.25, -0.2) is 0 Å². The van der Waals surface area contributed by atoms with E-state index in [0.717, 1.165) is 12.1 Å². The summed E-state index contributed by atoms with van der Waals surface area (Å²) in [6, 6.07) is 4.70. The van der Waals surface area contributed by atoms with E-state index in [4.69, 9.17) is 4.74 Å². The van der Waals surface area contributed by atoms with E-state index in [-0.39, 0.29) is 0 Å². The summed E-state index contributed by atoms with van der Waals surface area (Å²) in [4.78, 5) is 2.10. The highest BCUT2D eigenvalue weighted by Gasteiger charge is 2.37. The molecule has 1 N–H and O–H groups in total. The Kier molecular flexibility index (Phi) is 4.60. The SMILES string of the molecule is CC(C)(C(O)c1ccc(C(F)(F)F)cc1)N1CCOCC1. The Balaban J connectivity index is 2.16. The highest BCUT2D eigenvalue weighted by atomic mass is 19.4. The summed E-state index contributed by atoms with van der Waals surface area (Å²) >= 11 is 0. The van der Waals surface area contributed by atoms with Gasteiger partial charge in [0.15, 0.2) is 0 Å². The lowest BCUT2D eigenvalue weighted by Crippen LogP contribution is -2.53. The summed E-state index contributed by atoms with van der Waals surface area (Å²) in [6.07, 6.45) is -5.22. The lowest BCUT2D eigenvalue weighted by Gasteiger charge is -2.43. The third-order valence-electron chi connectivity index (χ3n) is 4.05. The van der Waals surface area contributed by atoms with Crippen LogP contribution in [-0.2, 0) is 10.9 Å².